The largest absolute Gasteiger partial charge is 0.455 e. The summed E-state index contributed by atoms with van der Waals surface area (Å²) in [6.07, 6.45) is 3.39. The van der Waals surface area contributed by atoms with E-state index in [1.165, 1.54) is 0 Å². The zero-order chi connectivity index (χ0) is 21.4. The van der Waals surface area contributed by atoms with Gasteiger partial charge in [-0.1, -0.05) is 17.7 Å². The van der Waals surface area contributed by atoms with E-state index in [9.17, 15) is 4.79 Å². The summed E-state index contributed by atoms with van der Waals surface area (Å²) in [6.45, 7) is 5.77. The van der Waals surface area contributed by atoms with Crippen LogP contribution in [0.1, 0.15) is 29.7 Å². The van der Waals surface area contributed by atoms with Crippen molar-refractivity contribution in [2.75, 3.05) is 5.32 Å². The number of benzene rings is 1. The molecule has 0 bridgehead atoms. The van der Waals surface area contributed by atoms with Gasteiger partial charge < -0.3 is 9.73 Å². The Morgan fingerprint density at radius 1 is 1.20 bits per heavy atom. The van der Waals surface area contributed by atoms with Crippen LogP contribution in [0.4, 0.5) is 5.69 Å². The normalized spacial score (nSPS) is 12.2. The summed E-state index contributed by atoms with van der Waals surface area (Å²) in [6, 6.07) is 11.0. The summed E-state index contributed by atoms with van der Waals surface area (Å²) >= 11 is 9.39. The monoisotopic (exact) mass is 483 g/mol. The smallest absolute Gasteiger partial charge is 0.196 e. The summed E-state index contributed by atoms with van der Waals surface area (Å²) < 4.78 is 6.94. The molecule has 0 radical (unpaired) electrons. The van der Waals surface area contributed by atoms with Crippen molar-refractivity contribution in [2.24, 2.45) is 0 Å². The van der Waals surface area contributed by atoms with Crippen molar-refractivity contribution < 1.29 is 4.42 Å². The predicted molar refractivity (Wildman–Crippen MR) is 124 cm³/mol. The minimum Gasteiger partial charge on any atom is -0.455 e. The standard InChI is InChI=1S/C23H19BrClN3O2/c1-12-9-16(14(3)27-18-6-7-19(25)28-23(18)24)22-17(10-12)20(29)13(2)21(30-22)15-5-4-8-26-11-15/h4-11,14,27H,1-3H3/t14-/m1/s1. The van der Waals surface area contributed by atoms with Crippen LogP contribution in [0.3, 0.4) is 0 Å². The van der Waals surface area contributed by atoms with E-state index in [0.29, 0.717) is 32.0 Å². The number of aromatic nitrogens is 2. The average molecular weight is 485 g/mol. The molecular weight excluding hydrogens is 466 g/mol. The first-order valence-electron chi connectivity index (χ1n) is 9.42. The van der Waals surface area contributed by atoms with Crippen LogP contribution in [0.25, 0.3) is 22.3 Å². The van der Waals surface area contributed by atoms with Crippen LogP contribution >= 0.6 is 27.5 Å². The third-order valence-electron chi connectivity index (χ3n) is 4.97. The Kier molecular flexibility index (Phi) is 5.62. The molecule has 7 heteroatoms. The van der Waals surface area contributed by atoms with Gasteiger partial charge in [0, 0.05) is 29.1 Å². The number of nitrogens with zero attached hydrogens (tertiary/aromatic N) is 2. The van der Waals surface area contributed by atoms with Gasteiger partial charge in [-0.3, -0.25) is 9.78 Å². The molecule has 1 atom stereocenters. The van der Waals surface area contributed by atoms with E-state index in [2.05, 4.69) is 31.2 Å². The number of anilines is 1. The van der Waals surface area contributed by atoms with E-state index < -0.39 is 0 Å². The number of hydrogen-bond acceptors (Lipinski definition) is 5. The maximum absolute atomic E-state index is 13.2. The van der Waals surface area contributed by atoms with E-state index in [1.807, 2.05) is 44.2 Å². The minimum absolute atomic E-state index is 0.0402. The van der Waals surface area contributed by atoms with Crippen LogP contribution in [0.15, 0.2) is 62.6 Å². The number of nitrogens with one attached hydrogen (secondary N) is 1. The van der Waals surface area contributed by atoms with Crippen LogP contribution in [-0.2, 0) is 0 Å². The van der Waals surface area contributed by atoms with E-state index in [0.717, 1.165) is 22.4 Å². The second kappa shape index (κ2) is 8.20. The van der Waals surface area contributed by atoms with Crippen LogP contribution in [0, 0.1) is 13.8 Å². The van der Waals surface area contributed by atoms with Crippen LogP contribution in [0.2, 0.25) is 5.15 Å². The van der Waals surface area contributed by atoms with E-state index >= 15 is 0 Å². The summed E-state index contributed by atoms with van der Waals surface area (Å²) in [5.74, 6) is 0.534. The van der Waals surface area contributed by atoms with Gasteiger partial charge in [-0.25, -0.2) is 4.98 Å². The molecule has 0 saturated carbocycles. The molecule has 3 aromatic heterocycles. The molecule has 0 unspecified atom stereocenters. The van der Waals surface area contributed by atoms with E-state index in [-0.39, 0.29) is 11.5 Å². The lowest BCUT2D eigenvalue weighted by atomic mass is 9.99. The van der Waals surface area contributed by atoms with Crippen LogP contribution < -0.4 is 10.7 Å². The second-order valence-electron chi connectivity index (χ2n) is 7.20. The molecule has 0 spiro atoms. The minimum atomic E-state index is -0.153. The first-order valence-corrected chi connectivity index (χ1v) is 10.6. The highest BCUT2D eigenvalue weighted by Gasteiger charge is 2.19. The van der Waals surface area contributed by atoms with E-state index in [4.69, 9.17) is 16.0 Å². The summed E-state index contributed by atoms with van der Waals surface area (Å²) in [7, 11) is 0. The number of fused-ring (bicyclic) bond motifs is 1. The fraction of sp³-hybridized carbons (Fsp3) is 0.174. The summed E-state index contributed by atoms with van der Waals surface area (Å²) in [5.41, 5.74) is 4.52. The van der Waals surface area contributed by atoms with Crippen molar-refractivity contribution in [2.45, 2.75) is 26.8 Å². The number of halogens is 2. The highest BCUT2D eigenvalue weighted by atomic mass is 79.9. The van der Waals surface area contributed by atoms with E-state index in [1.54, 1.807) is 25.4 Å². The SMILES string of the molecule is Cc1cc([C@@H](C)Nc2ccc(Cl)nc2Br)c2oc(-c3cccnc3)c(C)c(=O)c2c1. The fourth-order valence-corrected chi connectivity index (χ4v) is 4.18. The van der Waals surface area contributed by atoms with Crippen LogP contribution in [0.5, 0.6) is 0 Å². The van der Waals surface area contributed by atoms with Gasteiger partial charge in [0.2, 0.25) is 0 Å². The highest BCUT2D eigenvalue weighted by molar-refractivity contribution is 9.10. The van der Waals surface area contributed by atoms with Gasteiger partial charge in [-0.05, 0) is 72.6 Å². The van der Waals surface area contributed by atoms with Crippen molar-refractivity contribution in [3.05, 3.63) is 85.5 Å². The Labute approximate surface area is 187 Å². The van der Waals surface area contributed by atoms with Gasteiger partial charge in [0.25, 0.3) is 0 Å². The molecule has 0 amide bonds. The Bertz CT molecular complexity index is 1310. The number of rotatable bonds is 4. The molecule has 0 fully saturated rings. The maximum atomic E-state index is 13.2. The zero-order valence-electron chi connectivity index (χ0n) is 16.7. The quantitative estimate of drug-likeness (QED) is 0.337. The Morgan fingerprint density at radius 3 is 2.70 bits per heavy atom. The second-order valence-corrected chi connectivity index (χ2v) is 8.33. The lowest BCUT2D eigenvalue weighted by Gasteiger charge is -2.19. The zero-order valence-corrected chi connectivity index (χ0v) is 19.0. The maximum Gasteiger partial charge on any atom is 0.196 e. The van der Waals surface area contributed by atoms with Gasteiger partial charge in [0.05, 0.1) is 17.1 Å². The third kappa shape index (κ3) is 3.85. The molecular formula is C23H19BrClN3O2. The van der Waals surface area contributed by atoms with Crippen molar-refractivity contribution in [3.8, 4) is 11.3 Å². The Balaban J connectivity index is 1.89. The molecule has 0 aliphatic rings. The number of aryl methyl sites for hydroxylation is 1. The first-order chi connectivity index (χ1) is 14.3. The number of pyridine rings is 2. The molecule has 3 heterocycles. The molecule has 152 valence electrons. The molecule has 4 rings (SSSR count). The highest BCUT2D eigenvalue weighted by Crippen LogP contribution is 2.33. The lowest BCUT2D eigenvalue weighted by Crippen LogP contribution is -2.12. The number of hydrogen-bond donors (Lipinski definition) is 1. The lowest BCUT2D eigenvalue weighted by molar-refractivity contribution is 0.605. The van der Waals surface area contributed by atoms with Crippen molar-refractivity contribution in [1.82, 2.24) is 9.97 Å². The third-order valence-corrected chi connectivity index (χ3v) is 5.78. The Morgan fingerprint density at radius 2 is 2.00 bits per heavy atom. The van der Waals surface area contributed by atoms with Gasteiger partial charge in [-0.15, -0.1) is 0 Å². The summed E-state index contributed by atoms with van der Waals surface area (Å²) in [5, 5.41) is 4.40. The average Bonchev–Trinajstić information content (AvgIpc) is 2.73. The summed E-state index contributed by atoms with van der Waals surface area (Å²) in [4.78, 5) is 21.5. The van der Waals surface area contributed by atoms with Gasteiger partial charge in [-0.2, -0.15) is 0 Å². The molecule has 4 aromatic rings. The van der Waals surface area contributed by atoms with Crippen LogP contribution in [-0.4, -0.2) is 9.97 Å². The Hall–Kier alpha value is -2.70. The molecule has 0 saturated heterocycles. The van der Waals surface area contributed by atoms with Gasteiger partial charge in [0.1, 0.15) is 21.1 Å². The molecule has 0 aliphatic heterocycles. The van der Waals surface area contributed by atoms with Crippen molar-refractivity contribution >= 4 is 44.2 Å². The van der Waals surface area contributed by atoms with Gasteiger partial charge >= 0.3 is 0 Å². The van der Waals surface area contributed by atoms with Gasteiger partial charge in [0.15, 0.2) is 5.43 Å². The molecule has 30 heavy (non-hydrogen) atoms. The van der Waals surface area contributed by atoms with Crippen molar-refractivity contribution in [1.29, 1.82) is 0 Å². The van der Waals surface area contributed by atoms with Crippen molar-refractivity contribution in [3.63, 3.8) is 0 Å². The fourth-order valence-electron chi connectivity index (χ4n) is 3.49. The molecule has 1 aromatic carbocycles. The molecule has 1 N–H and O–H groups in total. The molecule has 0 aliphatic carbocycles. The first kappa shape index (κ1) is 20.6. The topological polar surface area (TPSA) is 68.0 Å². The predicted octanol–water partition coefficient (Wildman–Crippen LogP) is 6.46. The molecule has 5 nitrogen and oxygen atoms in total.